The molecule has 0 saturated carbocycles. The molecular weight excluding hydrogens is 316 g/mol. The van der Waals surface area contributed by atoms with E-state index in [0.717, 1.165) is 37.9 Å². The van der Waals surface area contributed by atoms with E-state index in [2.05, 4.69) is 12.1 Å². The third-order valence-corrected chi connectivity index (χ3v) is 5.44. The molecule has 124 valence electrons. The van der Waals surface area contributed by atoms with Gasteiger partial charge in [-0.15, -0.1) is 0 Å². The SMILES string of the molecule is c1ccc(COCC2COCCSCCSCCOC2)cc1. The summed E-state index contributed by atoms with van der Waals surface area (Å²) in [5.74, 6) is 4.90. The summed E-state index contributed by atoms with van der Waals surface area (Å²) in [4.78, 5) is 0. The van der Waals surface area contributed by atoms with Crippen LogP contribution in [0.5, 0.6) is 0 Å². The molecule has 5 heteroatoms. The van der Waals surface area contributed by atoms with Gasteiger partial charge in [-0.1, -0.05) is 30.3 Å². The Morgan fingerprint density at radius 3 is 2.18 bits per heavy atom. The van der Waals surface area contributed by atoms with Crippen molar-refractivity contribution in [3.05, 3.63) is 35.9 Å². The molecule has 0 aliphatic carbocycles. The molecule has 0 N–H and O–H groups in total. The van der Waals surface area contributed by atoms with Crippen molar-refractivity contribution in [2.45, 2.75) is 6.61 Å². The molecule has 1 fully saturated rings. The molecule has 3 nitrogen and oxygen atoms in total. The summed E-state index contributed by atoms with van der Waals surface area (Å²) in [6.45, 7) is 4.44. The van der Waals surface area contributed by atoms with E-state index in [1.54, 1.807) is 0 Å². The van der Waals surface area contributed by atoms with Gasteiger partial charge in [0.1, 0.15) is 0 Å². The highest BCUT2D eigenvalue weighted by molar-refractivity contribution is 8.02. The first-order valence-corrected chi connectivity index (χ1v) is 10.2. The monoisotopic (exact) mass is 342 g/mol. The van der Waals surface area contributed by atoms with E-state index >= 15 is 0 Å². The van der Waals surface area contributed by atoms with Gasteiger partial charge in [0.2, 0.25) is 0 Å². The maximum atomic E-state index is 5.84. The van der Waals surface area contributed by atoms with E-state index in [0.29, 0.717) is 19.1 Å². The number of hydrogen-bond acceptors (Lipinski definition) is 5. The molecule has 1 heterocycles. The maximum Gasteiger partial charge on any atom is 0.0717 e. The van der Waals surface area contributed by atoms with Crippen LogP contribution in [-0.2, 0) is 20.8 Å². The topological polar surface area (TPSA) is 27.7 Å². The Morgan fingerprint density at radius 1 is 0.909 bits per heavy atom. The second-order valence-electron chi connectivity index (χ2n) is 5.24. The van der Waals surface area contributed by atoms with Crippen LogP contribution in [-0.4, -0.2) is 56.0 Å². The van der Waals surface area contributed by atoms with Crippen LogP contribution in [0.1, 0.15) is 5.56 Å². The van der Waals surface area contributed by atoms with E-state index in [1.165, 1.54) is 17.1 Å². The van der Waals surface area contributed by atoms with Crippen LogP contribution in [0.25, 0.3) is 0 Å². The molecule has 2 rings (SSSR count). The smallest absolute Gasteiger partial charge is 0.0717 e. The predicted octanol–water partition coefficient (Wildman–Crippen LogP) is 3.33. The second kappa shape index (κ2) is 12.3. The Balaban J connectivity index is 1.68. The molecule has 0 unspecified atom stereocenters. The summed E-state index contributed by atoms with van der Waals surface area (Å²) < 4.78 is 17.4. The van der Waals surface area contributed by atoms with Gasteiger partial charge in [-0.3, -0.25) is 0 Å². The Hall–Kier alpha value is -0.200. The van der Waals surface area contributed by atoms with Crippen LogP contribution in [0.3, 0.4) is 0 Å². The van der Waals surface area contributed by atoms with Crippen molar-refractivity contribution in [3.63, 3.8) is 0 Å². The van der Waals surface area contributed by atoms with E-state index in [9.17, 15) is 0 Å². The van der Waals surface area contributed by atoms with Crippen LogP contribution < -0.4 is 0 Å². The fourth-order valence-electron chi connectivity index (χ4n) is 2.12. The van der Waals surface area contributed by atoms with Gasteiger partial charge < -0.3 is 14.2 Å². The van der Waals surface area contributed by atoms with Gasteiger partial charge >= 0.3 is 0 Å². The van der Waals surface area contributed by atoms with Crippen molar-refractivity contribution in [3.8, 4) is 0 Å². The van der Waals surface area contributed by atoms with Gasteiger partial charge in [0.15, 0.2) is 0 Å². The zero-order valence-electron chi connectivity index (χ0n) is 13.1. The Kier molecular flexibility index (Phi) is 10.1. The number of thioether (sulfide) groups is 2. The predicted molar refractivity (Wildman–Crippen MR) is 95.9 cm³/mol. The average Bonchev–Trinajstić information content (AvgIpc) is 2.58. The highest BCUT2D eigenvalue weighted by Crippen LogP contribution is 2.10. The normalized spacial score (nSPS) is 19.8. The van der Waals surface area contributed by atoms with Crippen LogP contribution in [0, 0.1) is 5.92 Å². The van der Waals surface area contributed by atoms with Gasteiger partial charge in [0, 0.05) is 28.9 Å². The van der Waals surface area contributed by atoms with Crippen LogP contribution in [0.4, 0.5) is 0 Å². The quantitative estimate of drug-likeness (QED) is 0.837. The van der Waals surface area contributed by atoms with Gasteiger partial charge in [0.25, 0.3) is 0 Å². The van der Waals surface area contributed by atoms with Crippen molar-refractivity contribution in [2.24, 2.45) is 5.92 Å². The Bertz CT molecular complexity index is 361. The lowest BCUT2D eigenvalue weighted by molar-refractivity contribution is -0.00411. The molecule has 0 aromatic heterocycles. The molecule has 1 saturated heterocycles. The molecule has 1 aromatic rings. The van der Waals surface area contributed by atoms with Crippen LogP contribution >= 0.6 is 23.5 Å². The minimum atomic E-state index is 0.319. The first-order chi connectivity index (χ1) is 10.9. The Morgan fingerprint density at radius 2 is 1.55 bits per heavy atom. The molecule has 0 bridgehead atoms. The summed E-state index contributed by atoms with van der Waals surface area (Å²) in [7, 11) is 0. The standard InChI is InChI=1S/C17H26O3S2/c1-2-4-16(5-3-1)12-20-15-17-13-18-6-8-21-10-11-22-9-7-19-14-17/h1-5,17H,6-15H2. The van der Waals surface area contributed by atoms with E-state index < -0.39 is 0 Å². The van der Waals surface area contributed by atoms with Crippen LogP contribution in [0.2, 0.25) is 0 Å². The average molecular weight is 343 g/mol. The molecule has 0 spiro atoms. The first kappa shape index (κ1) is 18.1. The first-order valence-electron chi connectivity index (χ1n) is 7.88. The van der Waals surface area contributed by atoms with Crippen molar-refractivity contribution in [1.29, 1.82) is 0 Å². The lowest BCUT2D eigenvalue weighted by atomic mass is 10.2. The zero-order valence-corrected chi connectivity index (χ0v) is 14.7. The van der Waals surface area contributed by atoms with Crippen molar-refractivity contribution in [1.82, 2.24) is 0 Å². The van der Waals surface area contributed by atoms with Gasteiger partial charge in [-0.2, -0.15) is 23.5 Å². The highest BCUT2D eigenvalue weighted by atomic mass is 32.2. The van der Waals surface area contributed by atoms with Gasteiger partial charge in [-0.05, 0) is 5.56 Å². The number of hydrogen-bond donors (Lipinski definition) is 0. The van der Waals surface area contributed by atoms with Crippen LogP contribution in [0.15, 0.2) is 30.3 Å². The lowest BCUT2D eigenvalue weighted by Crippen LogP contribution is -2.23. The number of benzene rings is 1. The largest absolute Gasteiger partial charge is 0.380 e. The molecular formula is C17H26O3S2. The van der Waals surface area contributed by atoms with Gasteiger partial charge in [0.05, 0.1) is 39.6 Å². The molecule has 22 heavy (non-hydrogen) atoms. The third-order valence-electron chi connectivity index (χ3n) is 3.29. The molecule has 1 aliphatic rings. The summed E-state index contributed by atoms with van der Waals surface area (Å²) in [6, 6.07) is 10.3. The third kappa shape index (κ3) is 8.44. The van der Waals surface area contributed by atoms with E-state index in [-0.39, 0.29) is 0 Å². The summed E-state index contributed by atoms with van der Waals surface area (Å²) >= 11 is 3.95. The van der Waals surface area contributed by atoms with Crippen molar-refractivity contribution < 1.29 is 14.2 Å². The highest BCUT2D eigenvalue weighted by Gasteiger charge is 2.11. The summed E-state index contributed by atoms with van der Waals surface area (Å²) in [5, 5.41) is 0. The van der Waals surface area contributed by atoms with E-state index in [4.69, 9.17) is 14.2 Å². The molecule has 1 aliphatic heterocycles. The summed E-state index contributed by atoms with van der Waals surface area (Å²) in [5.41, 5.74) is 1.21. The molecule has 0 radical (unpaired) electrons. The van der Waals surface area contributed by atoms with E-state index in [1.807, 2.05) is 41.7 Å². The second-order valence-corrected chi connectivity index (χ2v) is 7.69. The van der Waals surface area contributed by atoms with Crippen molar-refractivity contribution in [2.75, 3.05) is 56.0 Å². The summed E-state index contributed by atoms with van der Waals surface area (Å²) in [6.07, 6.45) is 0. The Labute approximate surface area is 142 Å². The molecule has 0 amide bonds. The minimum absolute atomic E-state index is 0.319. The minimum Gasteiger partial charge on any atom is -0.380 e. The number of rotatable bonds is 4. The van der Waals surface area contributed by atoms with Gasteiger partial charge in [-0.25, -0.2) is 0 Å². The molecule has 0 atom stereocenters. The maximum absolute atomic E-state index is 5.84. The fraction of sp³-hybridized carbons (Fsp3) is 0.647. The lowest BCUT2D eigenvalue weighted by Gasteiger charge is -2.17. The number of ether oxygens (including phenoxy) is 3. The fourth-order valence-corrected chi connectivity index (χ4v) is 3.94. The van der Waals surface area contributed by atoms with Crippen molar-refractivity contribution >= 4 is 23.5 Å². The molecule has 1 aromatic carbocycles. The zero-order chi connectivity index (χ0) is 15.3.